The average Bonchev–Trinajstić information content (AvgIpc) is 2.95. The lowest BCUT2D eigenvalue weighted by atomic mass is 10.00. The summed E-state index contributed by atoms with van der Waals surface area (Å²) in [4.78, 5) is 25.4. The van der Waals surface area contributed by atoms with E-state index < -0.39 is 29.2 Å². The number of nitrogens with zero attached hydrogens (tertiary/aromatic N) is 1. The van der Waals surface area contributed by atoms with Crippen molar-refractivity contribution in [2.75, 3.05) is 10.6 Å². The third-order valence-corrected chi connectivity index (χ3v) is 4.19. The number of nitrogens with two attached hydrogens (primary N) is 1. The van der Waals surface area contributed by atoms with Crippen LogP contribution in [0.15, 0.2) is 18.2 Å². The highest BCUT2D eigenvalue weighted by Gasteiger charge is 2.50. The van der Waals surface area contributed by atoms with Crippen molar-refractivity contribution < 1.29 is 22.8 Å². The zero-order chi connectivity index (χ0) is 15.4. The predicted molar refractivity (Wildman–Crippen MR) is 69.2 cm³/mol. The first kappa shape index (κ1) is 13.9. The fraction of sp³-hybridized carbons (Fsp3) is 0.429. The number of rotatable bonds is 1. The minimum Gasteiger partial charge on any atom is -0.398 e. The Morgan fingerprint density at radius 1 is 1.10 bits per heavy atom. The molecule has 2 atom stereocenters. The highest BCUT2D eigenvalue weighted by Crippen LogP contribution is 2.43. The van der Waals surface area contributed by atoms with E-state index in [9.17, 15) is 22.8 Å². The molecule has 1 saturated heterocycles. The SMILES string of the molecule is Nc1ccc(N2C(=O)C3CCCC3C2=O)cc1C(F)(F)F. The first-order valence-corrected chi connectivity index (χ1v) is 6.65. The summed E-state index contributed by atoms with van der Waals surface area (Å²) in [7, 11) is 0. The molecule has 2 amide bonds. The van der Waals surface area contributed by atoms with Gasteiger partial charge in [-0.25, -0.2) is 0 Å². The Balaban J connectivity index is 2.02. The summed E-state index contributed by atoms with van der Waals surface area (Å²) in [6, 6.07) is 3.13. The number of imide groups is 1. The van der Waals surface area contributed by atoms with Crippen LogP contribution in [-0.2, 0) is 15.8 Å². The molecule has 0 spiro atoms. The minimum absolute atomic E-state index is 0.0547. The van der Waals surface area contributed by atoms with Gasteiger partial charge >= 0.3 is 6.18 Å². The second kappa shape index (κ2) is 4.47. The van der Waals surface area contributed by atoms with Crippen molar-refractivity contribution in [3.8, 4) is 0 Å². The maximum atomic E-state index is 12.9. The summed E-state index contributed by atoms with van der Waals surface area (Å²) in [5.74, 6) is -1.57. The molecule has 3 rings (SSSR count). The van der Waals surface area contributed by atoms with Crippen LogP contribution in [0.5, 0.6) is 0 Å². The number of carbonyl (C=O) groups is 2. The summed E-state index contributed by atoms with van der Waals surface area (Å²) in [5.41, 5.74) is 3.82. The molecule has 1 aromatic rings. The summed E-state index contributed by atoms with van der Waals surface area (Å²) in [5, 5.41) is 0. The van der Waals surface area contributed by atoms with Gasteiger partial charge in [-0.15, -0.1) is 0 Å². The van der Waals surface area contributed by atoms with Gasteiger partial charge in [0.2, 0.25) is 11.8 Å². The van der Waals surface area contributed by atoms with Crippen molar-refractivity contribution in [2.45, 2.75) is 25.4 Å². The molecule has 1 saturated carbocycles. The topological polar surface area (TPSA) is 63.4 Å². The Hall–Kier alpha value is -2.05. The standard InChI is InChI=1S/C14H13F3N2O2/c15-14(16,17)10-6-7(4-5-11(10)18)19-12(20)8-2-1-3-9(8)13(19)21/h4-6,8-9H,1-3,18H2. The van der Waals surface area contributed by atoms with Gasteiger partial charge in [0.25, 0.3) is 0 Å². The van der Waals surface area contributed by atoms with Gasteiger partial charge in [-0.1, -0.05) is 6.42 Å². The normalized spacial score (nSPS) is 25.6. The Labute approximate surface area is 118 Å². The Kier molecular flexibility index (Phi) is 2.96. The van der Waals surface area contributed by atoms with E-state index in [1.54, 1.807) is 0 Å². The van der Waals surface area contributed by atoms with Crippen LogP contribution in [0, 0.1) is 11.8 Å². The lowest BCUT2D eigenvalue weighted by Gasteiger charge is -2.18. The molecule has 21 heavy (non-hydrogen) atoms. The lowest BCUT2D eigenvalue weighted by molar-refractivity contribution is -0.137. The van der Waals surface area contributed by atoms with Crippen LogP contribution in [0.4, 0.5) is 24.5 Å². The molecule has 7 heteroatoms. The predicted octanol–water partition coefficient (Wildman–Crippen LogP) is 2.58. The van der Waals surface area contributed by atoms with Gasteiger partial charge in [-0.05, 0) is 31.0 Å². The lowest BCUT2D eigenvalue weighted by Crippen LogP contribution is -2.31. The Bertz CT molecular complexity index is 605. The van der Waals surface area contributed by atoms with Crippen LogP contribution in [0.3, 0.4) is 0 Å². The number of benzene rings is 1. The second-order valence-corrected chi connectivity index (χ2v) is 5.43. The van der Waals surface area contributed by atoms with Crippen molar-refractivity contribution in [2.24, 2.45) is 11.8 Å². The highest BCUT2D eigenvalue weighted by molar-refractivity contribution is 6.22. The van der Waals surface area contributed by atoms with Gasteiger partial charge in [0.1, 0.15) is 0 Å². The van der Waals surface area contributed by atoms with Crippen LogP contribution >= 0.6 is 0 Å². The van der Waals surface area contributed by atoms with E-state index in [0.29, 0.717) is 12.8 Å². The number of fused-ring (bicyclic) bond motifs is 1. The number of anilines is 2. The first-order chi connectivity index (χ1) is 9.80. The van der Waals surface area contributed by atoms with E-state index in [1.165, 1.54) is 6.07 Å². The number of hydrogen-bond acceptors (Lipinski definition) is 3. The molecular weight excluding hydrogens is 285 g/mol. The van der Waals surface area contributed by atoms with Gasteiger partial charge in [-0.3, -0.25) is 14.5 Å². The van der Waals surface area contributed by atoms with E-state index in [4.69, 9.17) is 5.73 Å². The molecule has 2 aliphatic rings. The molecule has 2 N–H and O–H groups in total. The third-order valence-electron chi connectivity index (χ3n) is 4.19. The van der Waals surface area contributed by atoms with E-state index in [1.807, 2.05) is 0 Å². The molecule has 1 heterocycles. The molecule has 2 unspecified atom stereocenters. The van der Waals surface area contributed by atoms with E-state index in [2.05, 4.69) is 0 Å². The first-order valence-electron chi connectivity index (χ1n) is 6.65. The third kappa shape index (κ3) is 2.07. The van der Waals surface area contributed by atoms with E-state index in [0.717, 1.165) is 23.5 Å². The van der Waals surface area contributed by atoms with Crippen LogP contribution in [0.2, 0.25) is 0 Å². The molecule has 2 fully saturated rings. The molecule has 1 aliphatic carbocycles. The summed E-state index contributed by atoms with van der Waals surface area (Å²) < 4.78 is 38.6. The van der Waals surface area contributed by atoms with Crippen molar-refractivity contribution in [1.82, 2.24) is 0 Å². The monoisotopic (exact) mass is 298 g/mol. The fourth-order valence-corrected chi connectivity index (χ4v) is 3.17. The maximum absolute atomic E-state index is 12.9. The van der Waals surface area contributed by atoms with Gasteiger partial charge in [-0.2, -0.15) is 13.2 Å². The van der Waals surface area contributed by atoms with Gasteiger partial charge in [0.05, 0.1) is 23.1 Å². The maximum Gasteiger partial charge on any atom is 0.418 e. The smallest absolute Gasteiger partial charge is 0.398 e. The largest absolute Gasteiger partial charge is 0.418 e. The van der Waals surface area contributed by atoms with Gasteiger partial charge < -0.3 is 5.73 Å². The summed E-state index contributed by atoms with van der Waals surface area (Å²) >= 11 is 0. The average molecular weight is 298 g/mol. The zero-order valence-corrected chi connectivity index (χ0v) is 11.0. The van der Waals surface area contributed by atoms with Crippen molar-refractivity contribution in [3.05, 3.63) is 23.8 Å². The van der Waals surface area contributed by atoms with Crippen LogP contribution in [-0.4, -0.2) is 11.8 Å². The van der Waals surface area contributed by atoms with Crippen molar-refractivity contribution in [3.63, 3.8) is 0 Å². The van der Waals surface area contributed by atoms with Crippen LogP contribution in [0.25, 0.3) is 0 Å². The Morgan fingerprint density at radius 3 is 2.19 bits per heavy atom. The summed E-state index contributed by atoms with van der Waals surface area (Å²) in [6.07, 6.45) is -2.59. The molecular formula is C14H13F3N2O2. The fourth-order valence-electron chi connectivity index (χ4n) is 3.17. The number of halogens is 3. The minimum atomic E-state index is -4.62. The van der Waals surface area contributed by atoms with Crippen molar-refractivity contribution >= 4 is 23.2 Å². The number of alkyl halides is 3. The van der Waals surface area contributed by atoms with Crippen molar-refractivity contribution in [1.29, 1.82) is 0 Å². The quantitative estimate of drug-likeness (QED) is 0.640. The molecule has 1 aromatic carbocycles. The molecule has 1 aliphatic heterocycles. The molecule has 112 valence electrons. The van der Waals surface area contributed by atoms with Gasteiger partial charge in [0, 0.05) is 5.69 Å². The Morgan fingerprint density at radius 2 is 1.67 bits per heavy atom. The second-order valence-electron chi connectivity index (χ2n) is 5.43. The number of hydrogen-bond donors (Lipinski definition) is 1. The molecule has 0 radical (unpaired) electrons. The molecule has 0 aromatic heterocycles. The highest BCUT2D eigenvalue weighted by atomic mass is 19.4. The van der Waals surface area contributed by atoms with Gasteiger partial charge in [0.15, 0.2) is 0 Å². The van der Waals surface area contributed by atoms with Crippen LogP contribution in [0.1, 0.15) is 24.8 Å². The number of carbonyl (C=O) groups excluding carboxylic acids is 2. The van der Waals surface area contributed by atoms with Crippen LogP contribution < -0.4 is 10.6 Å². The molecule has 0 bridgehead atoms. The zero-order valence-electron chi connectivity index (χ0n) is 11.0. The number of amides is 2. The number of nitrogen functional groups attached to an aromatic ring is 1. The van der Waals surface area contributed by atoms with E-state index >= 15 is 0 Å². The summed E-state index contributed by atoms with van der Waals surface area (Å²) in [6.45, 7) is 0. The molecule has 4 nitrogen and oxygen atoms in total. The van der Waals surface area contributed by atoms with E-state index in [-0.39, 0.29) is 17.5 Å².